The minimum Gasteiger partial charge on any atom is -0.411 e. The van der Waals surface area contributed by atoms with Crippen molar-refractivity contribution < 1.29 is 9.21 Å². The van der Waals surface area contributed by atoms with Gasteiger partial charge in [0, 0.05) is 24.3 Å². The summed E-state index contributed by atoms with van der Waals surface area (Å²) < 4.78 is 5.77. The third kappa shape index (κ3) is 6.60. The van der Waals surface area contributed by atoms with Crippen molar-refractivity contribution in [1.82, 2.24) is 15.5 Å². The highest BCUT2D eigenvalue weighted by Gasteiger charge is 2.17. The Kier molecular flexibility index (Phi) is 8.73. The van der Waals surface area contributed by atoms with Gasteiger partial charge in [0.05, 0.1) is 11.8 Å². The predicted octanol–water partition coefficient (Wildman–Crippen LogP) is 5.58. The highest BCUT2D eigenvalue weighted by atomic mass is 32.2. The van der Waals surface area contributed by atoms with E-state index in [9.17, 15) is 4.79 Å². The van der Waals surface area contributed by atoms with Crippen molar-refractivity contribution in [3.05, 3.63) is 60.2 Å². The van der Waals surface area contributed by atoms with Gasteiger partial charge in [-0.3, -0.25) is 4.79 Å². The SMILES string of the molecule is CCN(CC)c1ccc(-c2nnc(SCC(=O)NC(CC(C)C)c3ccccc3)o2)cc1. The van der Waals surface area contributed by atoms with E-state index in [4.69, 9.17) is 4.42 Å². The molecule has 0 radical (unpaired) electrons. The average Bonchev–Trinajstić information content (AvgIpc) is 3.28. The number of amides is 1. The van der Waals surface area contributed by atoms with Crippen molar-refractivity contribution in [1.29, 1.82) is 0 Å². The topological polar surface area (TPSA) is 71.3 Å². The van der Waals surface area contributed by atoms with Crippen LogP contribution in [0.25, 0.3) is 11.5 Å². The number of hydrogen-bond acceptors (Lipinski definition) is 6. The van der Waals surface area contributed by atoms with E-state index in [0.29, 0.717) is 17.0 Å². The van der Waals surface area contributed by atoms with Crippen LogP contribution in [0.2, 0.25) is 0 Å². The maximum absolute atomic E-state index is 12.6. The van der Waals surface area contributed by atoms with Gasteiger partial charge in [0.15, 0.2) is 0 Å². The molecule has 6 nitrogen and oxygen atoms in total. The highest BCUT2D eigenvalue weighted by Crippen LogP contribution is 2.26. The summed E-state index contributed by atoms with van der Waals surface area (Å²) in [5, 5.41) is 11.8. The molecule has 1 unspecified atom stereocenters. The van der Waals surface area contributed by atoms with Crippen LogP contribution in [0.4, 0.5) is 5.69 Å². The Morgan fingerprint density at radius 1 is 1.03 bits per heavy atom. The Morgan fingerprint density at radius 2 is 1.72 bits per heavy atom. The smallest absolute Gasteiger partial charge is 0.277 e. The molecule has 0 saturated heterocycles. The quantitative estimate of drug-likeness (QED) is 0.383. The van der Waals surface area contributed by atoms with Gasteiger partial charge in [-0.2, -0.15) is 0 Å². The van der Waals surface area contributed by atoms with Crippen LogP contribution >= 0.6 is 11.8 Å². The standard InChI is InChI=1S/C25H32N4O2S/c1-5-29(6-2)21-14-12-20(13-15-21)24-27-28-25(31-24)32-17-23(30)26-22(16-18(3)4)19-10-8-7-9-11-19/h7-15,18,22H,5-6,16-17H2,1-4H3,(H,26,30). The number of hydrogen-bond donors (Lipinski definition) is 1. The van der Waals surface area contributed by atoms with Crippen molar-refractivity contribution in [2.45, 2.75) is 45.4 Å². The number of carbonyl (C=O) groups is 1. The summed E-state index contributed by atoms with van der Waals surface area (Å²) in [4.78, 5) is 14.9. The zero-order chi connectivity index (χ0) is 22.9. The molecule has 1 aromatic heterocycles. The van der Waals surface area contributed by atoms with E-state index in [1.165, 1.54) is 17.4 Å². The zero-order valence-corrected chi connectivity index (χ0v) is 20.1. The first-order valence-electron chi connectivity index (χ1n) is 11.2. The van der Waals surface area contributed by atoms with E-state index >= 15 is 0 Å². The molecule has 3 rings (SSSR count). The Labute approximate surface area is 194 Å². The van der Waals surface area contributed by atoms with Gasteiger partial charge >= 0.3 is 0 Å². The summed E-state index contributed by atoms with van der Waals surface area (Å²) in [6.07, 6.45) is 0.884. The third-order valence-electron chi connectivity index (χ3n) is 5.22. The molecule has 0 fully saturated rings. The Balaban J connectivity index is 1.57. The molecule has 1 N–H and O–H groups in total. The molecule has 1 atom stereocenters. The number of carbonyl (C=O) groups excluding carboxylic acids is 1. The minimum absolute atomic E-state index is 0.00753. The van der Waals surface area contributed by atoms with Crippen LogP contribution < -0.4 is 10.2 Å². The lowest BCUT2D eigenvalue weighted by molar-refractivity contribution is -0.119. The van der Waals surface area contributed by atoms with Gasteiger partial charge in [0.1, 0.15) is 0 Å². The summed E-state index contributed by atoms with van der Waals surface area (Å²) in [5.41, 5.74) is 3.15. The summed E-state index contributed by atoms with van der Waals surface area (Å²) >= 11 is 1.25. The Bertz CT molecular complexity index is 969. The van der Waals surface area contributed by atoms with Crippen LogP contribution in [-0.2, 0) is 4.79 Å². The van der Waals surface area contributed by atoms with Crippen LogP contribution in [0.5, 0.6) is 0 Å². The van der Waals surface area contributed by atoms with Crippen LogP contribution in [0.3, 0.4) is 0 Å². The molecular formula is C25H32N4O2S. The molecule has 1 heterocycles. The van der Waals surface area contributed by atoms with Crippen molar-refractivity contribution in [3.63, 3.8) is 0 Å². The number of rotatable bonds is 11. The second-order valence-corrected chi connectivity index (χ2v) is 8.97. The lowest BCUT2D eigenvalue weighted by Crippen LogP contribution is -2.30. The van der Waals surface area contributed by atoms with Crippen molar-refractivity contribution in [2.24, 2.45) is 5.92 Å². The molecular weight excluding hydrogens is 420 g/mol. The average molecular weight is 453 g/mol. The molecule has 170 valence electrons. The number of anilines is 1. The highest BCUT2D eigenvalue weighted by molar-refractivity contribution is 7.99. The van der Waals surface area contributed by atoms with Gasteiger partial charge in [-0.1, -0.05) is 55.9 Å². The van der Waals surface area contributed by atoms with Crippen molar-refractivity contribution >= 4 is 23.4 Å². The molecule has 7 heteroatoms. The van der Waals surface area contributed by atoms with Gasteiger partial charge in [0.25, 0.3) is 5.22 Å². The number of benzene rings is 2. The van der Waals surface area contributed by atoms with Crippen molar-refractivity contribution in [3.8, 4) is 11.5 Å². The maximum Gasteiger partial charge on any atom is 0.277 e. The molecule has 3 aromatic rings. The summed E-state index contributed by atoms with van der Waals surface area (Å²) in [7, 11) is 0. The largest absolute Gasteiger partial charge is 0.411 e. The monoisotopic (exact) mass is 452 g/mol. The molecule has 0 aliphatic heterocycles. The Hall–Kier alpha value is -2.80. The van der Waals surface area contributed by atoms with Gasteiger partial charge < -0.3 is 14.6 Å². The van der Waals surface area contributed by atoms with Gasteiger partial charge in [0.2, 0.25) is 11.8 Å². The predicted molar refractivity (Wildman–Crippen MR) is 131 cm³/mol. The fourth-order valence-corrected chi connectivity index (χ4v) is 4.16. The first-order valence-corrected chi connectivity index (χ1v) is 12.1. The molecule has 0 saturated carbocycles. The molecule has 0 aliphatic rings. The lowest BCUT2D eigenvalue weighted by atomic mass is 9.97. The second-order valence-electron chi connectivity index (χ2n) is 8.04. The molecule has 0 bridgehead atoms. The van der Waals surface area contributed by atoms with Crippen LogP contribution in [0, 0.1) is 5.92 Å². The van der Waals surface area contributed by atoms with E-state index in [1.807, 2.05) is 30.3 Å². The van der Waals surface area contributed by atoms with Crippen LogP contribution in [0.15, 0.2) is 64.2 Å². The first kappa shape index (κ1) is 23.9. The molecule has 2 aromatic carbocycles. The lowest BCUT2D eigenvalue weighted by Gasteiger charge is -2.21. The van der Waals surface area contributed by atoms with Crippen LogP contribution in [-0.4, -0.2) is 34.9 Å². The molecule has 32 heavy (non-hydrogen) atoms. The van der Waals surface area contributed by atoms with Crippen LogP contribution in [0.1, 0.15) is 45.7 Å². The fourth-order valence-electron chi connectivity index (χ4n) is 3.59. The summed E-state index contributed by atoms with van der Waals surface area (Å²) in [5.74, 6) is 1.11. The fraction of sp³-hybridized carbons (Fsp3) is 0.400. The maximum atomic E-state index is 12.6. The molecule has 0 spiro atoms. The molecule has 1 amide bonds. The van der Waals surface area contributed by atoms with E-state index in [0.717, 1.165) is 30.6 Å². The van der Waals surface area contributed by atoms with Gasteiger partial charge in [-0.15, -0.1) is 10.2 Å². The summed E-state index contributed by atoms with van der Waals surface area (Å²) in [6, 6.07) is 18.2. The zero-order valence-electron chi connectivity index (χ0n) is 19.2. The number of nitrogens with one attached hydrogen (secondary N) is 1. The Morgan fingerprint density at radius 3 is 2.34 bits per heavy atom. The van der Waals surface area contributed by atoms with E-state index in [2.05, 4.69) is 72.4 Å². The number of aromatic nitrogens is 2. The number of thioether (sulfide) groups is 1. The van der Waals surface area contributed by atoms with Gasteiger partial charge in [-0.25, -0.2) is 0 Å². The van der Waals surface area contributed by atoms with Gasteiger partial charge in [-0.05, 0) is 56.0 Å². The van der Waals surface area contributed by atoms with E-state index in [1.54, 1.807) is 0 Å². The first-order chi connectivity index (χ1) is 15.5. The number of nitrogens with zero attached hydrogens (tertiary/aromatic N) is 3. The van der Waals surface area contributed by atoms with E-state index < -0.39 is 0 Å². The van der Waals surface area contributed by atoms with E-state index in [-0.39, 0.29) is 17.7 Å². The summed E-state index contributed by atoms with van der Waals surface area (Å²) in [6.45, 7) is 10.5. The normalized spacial score (nSPS) is 12.0. The second kappa shape index (κ2) is 11.7. The van der Waals surface area contributed by atoms with Crippen molar-refractivity contribution in [2.75, 3.05) is 23.7 Å². The minimum atomic E-state index is -0.0483. The molecule has 0 aliphatic carbocycles. The third-order valence-corrected chi connectivity index (χ3v) is 6.04.